The molecule has 1 aliphatic heterocycles. The van der Waals surface area contributed by atoms with Crippen LogP contribution in [0.1, 0.15) is 23.8 Å². The van der Waals surface area contributed by atoms with Gasteiger partial charge < -0.3 is 15.0 Å². The lowest BCUT2D eigenvalue weighted by atomic mass is 10.2. The Morgan fingerprint density at radius 1 is 1.48 bits per heavy atom. The SMILES string of the molecule is COc1ccc(NC(=O)C[NH+]2CCC[C@H]2c2cccs2)cc1Cl. The number of rotatable bonds is 5. The molecule has 1 unspecified atom stereocenters. The number of anilines is 1. The summed E-state index contributed by atoms with van der Waals surface area (Å²) in [5.41, 5.74) is 0.701. The van der Waals surface area contributed by atoms with Gasteiger partial charge in [-0.3, -0.25) is 4.79 Å². The maximum Gasteiger partial charge on any atom is 0.279 e. The van der Waals surface area contributed by atoms with Crippen molar-refractivity contribution in [2.45, 2.75) is 18.9 Å². The van der Waals surface area contributed by atoms with Gasteiger partial charge in [-0.2, -0.15) is 0 Å². The Labute approximate surface area is 145 Å². The number of thiophene rings is 1. The third-order valence-electron chi connectivity index (χ3n) is 4.19. The van der Waals surface area contributed by atoms with E-state index < -0.39 is 0 Å². The number of hydrogen-bond donors (Lipinski definition) is 2. The summed E-state index contributed by atoms with van der Waals surface area (Å²) in [7, 11) is 1.57. The molecule has 122 valence electrons. The molecule has 2 aromatic rings. The zero-order valence-corrected chi connectivity index (χ0v) is 14.5. The van der Waals surface area contributed by atoms with E-state index in [1.54, 1.807) is 36.6 Å². The molecule has 4 nitrogen and oxygen atoms in total. The van der Waals surface area contributed by atoms with Gasteiger partial charge in [-0.15, -0.1) is 11.3 Å². The lowest BCUT2D eigenvalue weighted by molar-refractivity contribution is -0.910. The maximum absolute atomic E-state index is 12.3. The summed E-state index contributed by atoms with van der Waals surface area (Å²) in [4.78, 5) is 15.1. The second kappa shape index (κ2) is 7.34. The van der Waals surface area contributed by atoms with Crippen molar-refractivity contribution in [3.05, 3.63) is 45.6 Å². The van der Waals surface area contributed by atoms with Crippen molar-refractivity contribution in [3.8, 4) is 5.75 Å². The summed E-state index contributed by atoms with van der Waals surface area (Å²) in [6, 6.07) is 9.97. The Bertz CT molecular complexity index is 675. The lowest BCUT2D eigenvalue weighted by Crippen LogP contribution is -3.11. The second-order valence-corrected chi connectivity index (χ2v) is 7.08. The molecule has 1 aliphatic rings. The van der Waals surface area contributed by atoms with E-state index in [-0.39, 0.29) is 5.91 Å². The minimum absolute atomic E-state index is 0.0182. The number of amides is 1. The number of carbonyl (C=O) groups is 1. The summed E-state index contributed by atoms with van der Waals surface area (Å²) in [6.45, 7) is 1.52. The smallest absolute Gasteiger partial charge is 0.279 e. The quantitative estimate of drug-likeness (QED) is 0.869. The highest BCUT2D eigenvalue weighted by Gasteiger charge is 2.32. The molecule has 1 saturated heterocycles. The first-order chi connectivity index (χ1) is 11.2. The monoisotopic (exact) mass is 351 g/mol. The molecule has 2 N–H and O–H groups in total. The van der Waals surface area contributed by atoms with Crippen LogP contribution in [0.2, 0.25) is 5.02 Å². The molecule has 1 fully saturated rings. The van der Waals surface area contributed by atoms with Gasteiger partial charge in [0.15, 0.2) is 6.54 Å². The Kier molecular flexibility index (Phi) is 5.20. The fourth-order valence-electron chi connectivity index (χ4n) is 3.11. The first kappa shape index (κ1) is 16.3. The van der Waals surface area contributed by atoms with Crippen molar-refractivity contribution < 1.29 is 14.4 Å². The molecule has 0 spiro atoms. The van der Waals surface area contributed by atoms with Gasteiger partial charge in [0.2, 0.25) is 0 Å². The van der Waals surface area contributed by atoms with Crippen molar-refractivity contribution in [3.63, 3.8) is 0 Å². The highest BCUT2D eigenvalue weighted by Crippen LogP contribution is 2.27. The molecule has 1 amide bonds. The molecule has 1 aromatic heterocycles. The number of nitrogens with one attached hydrogen (secondary N) is 2. The normalized spacial score (nSPS) is 20.4. The summed E-state index contributed by atoms with van der Waals surface area (Å²) in [5, 5.41) is 5.53. The highest BCUT2D eigenvalue weighted by molar-refractivity contribution is 7.10. The number of methoxy groups -OCH3 is 1. The van der Waals surface area contributed by atoms with Gasteiger partial charge in [-0.25, -0.2) is 0 Å². The van der Waals surface area contributed by atoms with Crippen molar-refractivity contribution in [2.24, 2.45) is 0 Å². The molecule has 6 heteroatoms. The second-order valence-electron chi connectivity index (χ2n) is 5.69. The predicted octanol–water partition coefficient (Wildman–Crippen LogP) is 2.77. The van der Waals surface area contributed by atoms with Crippen LogP contribution in [0.25, 0.3) is 0 Å². The van der Waals surface area contributed by atoms with Gasteiger partial charge in [0.25, 0.3) is 5.91 Å². The van der Waals surface area contributed by atoms with Crippen molar-refractivity contribution in [2.75, 3.05) is 25.5 Å². The molecule has 0 aliphatic carbocycles. The van der Waals surface area contributed by atoms with Crippen LogP contribution < -0.4 is 15.0 Å². The Hall–Kier alpha value is -1.56. The first-order valence-electron chi connectivity index (χ1n) is 7.68. The standard InChI is InChI=1S/C17H19ClN2O2S/c1-22-15-7-6-12(10-13(15)18)19-17(21)11-20-8-2-4-14(20)16-5-3-9-23-16/h3,5-7,9-10,14H,2,4,8,11H2,1H3,(H,19,21)/p+1/t14-/m0/s1. The van der Waals surface area contributed by atoms with Gasteiger partial charge in [0.1, 0.15) is 11.8 Å². The van der Waals surface area contributed by atoms with Crippen molar-refractivity contribution in [1.82, 2.24) is 0 Å². The van der Waals surface area contributed by atoms with E-state index in [9.17, 15) is 4.79 Å². The van der Waals surface area contributed by atoms with E-state index >= 15 is 0 Å². The van der Waals surface area contributed by atoms with Gasteiger partial charge >= 0.3 is 0 Å². The summed E-state index contributed by atoms with van der Waals surface area (Å²) < 4.78 is 5.12. The molecule has 3 rings (SSSR count). The third-order valence-corrected chi connectivity index (χ3v) is 5.47. The zero-order chi connectivity index (χ0) is 16.2. The third kappa shape index (κ3) is 3.86. The van der Waals surface area contributed by atoms with Crippen LogP contribution in [0.3, 0.4) is 0 Å². The van der Waals surface area contributed by atoms with Crippen LogP contribution in [0.15, 0.2) is 35.7 Å². The van der Waals surface area contributed by atoms with Gasteiger partial charge in [-0.05, 0) is 29.6 Å². The number of likely N-dealkylation sites (tertiary alicyclic amines) is 1. The number of halogens is 1. The number of hydrogen-bond acceptors (Lipinski definition) is 3. The van der Waals surface area contributed by atoms with Gasteiger partial charge in [0, 0.05) is 18.5 Å². The Balaban J connectivity index is 1.62. The number of ether oxygens (including phenoxy) is 1. The average molecular weight is 352 g/mol. The van der Waals surface area contributed by atoms with E-state index in [1.165, 1.54) is 16.2 Å². The summed E-state index contributed by atoms with van der Waals surface area (Å²) >= 11 is 7.87. The molecule has 0 radical (unpaired) electrons. The zero-order valence-electron chi connectivity index (χ0n) is 13.0. The molecule has 23 heavy (non-hydrogen) atoms. The lowest BCUT2D eigenvalue weighted by Gasteiger charge is -2.20. The van der Waals surface area contributed by atoms with Crippen LogP contribution >= 0.6 is 22.9 Å². The molecule has 2 atom stereocenters. The molecule has 0 saturated carbocycles. The van der Waals surface area contributed by atoms with Crippen LogP contribution in [-0.2, 0) is 4.79 Å². The Morgan fingerprint density at radius 2 is 2.35 bits per heavy atom. The largest absolute Gasteiger partial charge is 0.495 e. The molecule has 0 bridgehead atoms. The van der Waals surface area contributed by atoms with E-state index in [2.05, 4.69) is 22.8 Å². The fraction of sp³-hybridized carbons (Fsp3) is 0.353. The van der Waals surface area contributed by atoms with Crippen LogP contribution in [-0.4, -0.2) is 26.1 Å². The van der Waals surface area contributed by atoms with Crippen LogP contribution in [0, 0.1) is 0 Å². The van der Waals surface area contributed by atoms with Crippen LogP contribution in [0.4, 0.5) is 5.69 Å². The summed E-state index contributed by atoms with van der Waals surface area (Å²) in [5.74, 6) is 0.622. The van der Waals surface area contributed by atoms with E-state index in [1.807, 2.05) is 0 Å². The number of quaternary nitrogens is 1. The number of benzene rings is 1. The van der Waals surface area contributed by atoms with Crippen molar-refractivity contribution >= 4 is 34.5 Å². The minimum atomic E-state index is 0.0182. The van der Waals surface area contributed by atoms with E-state index in [0.717, 1.165) is 13.0 Å². The van der Waals surface area contributed by atoms with Gasteiger partial charge in [-0.1, -0.05) is 17.7 Å². The molecule has 2 heterocycles. The maximum atomic E-state index is 12.3. The van der Waals surface area contributed by atoms with E-state index in [4.69, 9.17) is 16.3 Å². The average Bonchev–Trinajstić information content (AvgIpc) is 3.18. The first-order valence-corrected chi connectivity index (χ1v) is 8.94. The molecular weight excluding hydrogens is 332 g/mol. The van der Waals surface area contributed by atoms with E-state index in [0.29, 0.717) is 29.0 Å². The Morgan fingerprint density at radius 3 is 3.04 bits per heavy atom. The molecule has 1 aromatic carbocycles. The fourth-order valence-corrected chi connectivity index (χ4v) is 4.29. The summed E-state index contributed by atoms with van der Waals surface area (Å²) in [6.07, 6.45) is 2.32. The van der Waals surface area contributed by atoms with Gasteiger partial charge in [0.05, 0.1) is 23.6 Å². The minimum Gasteiger partial charge on any atom is -0.495 e. The number of carbonyl (C=O) groups excluding carboxylic acids is 1. The molecular formula is C17H20ClN2O2S+. The predicted molar refractivity (Wildman–Crippen MR) is 93.6 cm³/mol. The van der Waals surface area contributed by atoms with Crippen LogP contribution in [0.5, 0.6) is 5.75 Å². The highest BCUT2D eigenvalue weighted by atomic mass is 35.5. The van der Waals surface area contributed by atoms with Crippen molar-refractivity contribution in [1.29, 1.82) is 0 Å². The topological polar surface area (TPSA) is 42.8 Å².